The predicted molar refractivity (Wildman–Crippen MR) is 101 cm³/mol. The third kappa shape index (κ3) is 8.02. The maximum Gasteiger partial charge on any atom is 0.191 e. The standard InChI is InChI=1S/C18H39N5/c1-6-19-18(20-15-17-12-10-13-22(17)5)21-16(4)11-9-14-23(7-2)8-3/h16-17H,6-15H2,1-5H3,(H2,19,20,21). The van der Waals surface area contributed by atoms with E-state index in [0.717, 1.165) is 32.1 Å². The number of aliphatic imine (C=N–C) groups is 1. The molecule has 0 radical (unpaired) electrons. The Morgan fingerprint density at radius 2 is 2.04 bits per heavy atom. The van der Waals surface area contributed by atoms with Gasteiger partial charge in [-0.3, -0.25) is 4.99 Å². The lowest BCUT2D eigenvalue weighted by Crippen LogP contribution is -2.43. The van der Waals surface area contributed by atoms with Crippen LogP contribution >= 0.6 is 0 Å². The van der Waals surface area contributed by atoms with E-state index >= 15 is 0 Å². The Kier molecular flexibility index (Phi) is 10.3. The van der Waals surface area contributed by atoms with E-state index in [1.807, 2.05) is 0 Å². The SMILES string of the molecule is CCNC(=NCC1CCCN1C)NC(C)CCCN(CC)CC. The van der Waals surface area contributed by atoms with Crippen LogP contribution in [0.15, 0.2) is 4.99 Å². The van der Waals surface area contributed by atoms with Crippen LogP contribution in [0.1, 0.15) is 53.4 Å². The summed E-state index contributed by atoms with van der Waals surface area (Å²) >= 11 is 0. The number of likely N-dealkylation sites (tertiary alicyclic amines) is 1. The third-order valence-corrected chi connectivity index (χ3v) is 4.86. The number of nitrogens with zero attached hydrogens (tertiary/aromatic N) is 3. The summed E-state index contributed by atoms with van der Waals surface area (Å²) in [7, 11) is 2.21. The molecule has 1 heterocycles. The molecule has 0 aromatic heterocycles. The summed E-state index contributed by atoms with van der Waals surface area (Å²) in [6, 6.07) is 1.08. The Morgan fingerprint density at radius 3 is 2.61 bits per heavy atom. The quantitative estimate of drug-likeness (QED) is 0.477. The van der Waals surface area contributed by atoms with Crippen LogP contribution in [0.5, 0.6) is 0 Å². The van der Waals surface area contributed by atoms with E-state index in [2.05, 4.69) is 55.2 Å². The van der Waals surface area contributed by atoms with Gasteiger partial charge in [0.15, 0.2) is 5.96 Å². The zero-order valence-electron chi connectivity index (χ0n) is 16.1. The van der Waals surface area contributed by atoms with Crippen molar-refractivity contribution >= 4 is 5.96 Å². The van der Waals surface area contributed by atoms with E-state index in [-0.39, 0.29) is 0 Å². The van der Waals surface area contributed by atoms with Crippen molar-refractivity contribution < 1.29 is 0 Å². The molecule has 2 atom stereocenters. The van der Waals surface area contributed by atoms with Crippen molar-refractivity contribution in [1.29, 1.82) is 0 Å². The highest BCUT2D eigenvalue weighted by molar-refractivity contribution is 5.80. The molecule has 1 aliphatic heterocycles. The van der Waals surface area contributed by atoms with Crippen LogP contribution in [0, 0.1) is 0 Å². The number of rotatable bonds is 10. The average Bonchev–Trinajstić information content (AvgIpc) is 2.94. The molecule has 1 rings (SSSR count). The maximum absolute atomic E-state index is 4.80. The van der Waals surface area contributed by atoms with Crippen LogP contribution in [0.3, 0.4) is 0 Å². The van der Waals surface area contributed by atoms with Gasteiger partial charge in [-0.05, 0) is 72.8 Å². The van der Waals surface area contributed by atoms with Crippen molar-refractivity contribution in [3.63, 3.8) is 0 Å². The van der Waals surface area contributed by atoms with Gasteiger partial charge in [0.05, 0.1) is 6.54 Å². The van der Waals surface area contributed by atoms with Crippen molar-refractivity contribution in [2.24, 2.45) is 4.99 Å². The van der Waals surface area contributed by atoms with Gasteiger partial charge in [-0.1, -0.05) is 13.8 Å². The maximum atomic E-state index is 4.80. The number of nitrogens with one attached hydrogen (secondary N) is 2. The van der Waals surface area contributed by atoms with Crippen molar-refractivity contribution in [2.45, 2.75) is 65.5 Å². The first-order valence-corrected chi connectivity index (χ1v) is 9.58. The summed E-state index contributed by atoms with van der Waals surface area (Å²) in [5.41, 5.74) is 0. The van der Waals surface area contributed by atoms with Crippen LogP contribution in [-0.2, 0) is 0 Å². The molecule has 0 aromatic rings. The van der Waals surface area contributed by atoms with E-state index in [4.69, 9.17) is 4.99 Å². The molecule has 23 heavy (non-hydrogen) atoms. The largest absolute Gasteiger partial charge is 0.357 e. The second-order valence-corrected chi connectivity index (χ2v) is 6.71. The molecular formula is C18H39N5. The summed E-state index contributed by atoms with van der Waals surface area (Å²) in [5.74, 6) is 0.975. The van der Waals surface area contributed by atoms with Gasteiger partial charge < -0.3 is 20.4 Å². The molecular weight excluding hydrogens is 286 g/mol. The summed E-state index contributed by atoms with van der Waals surface area (Å²) in [6.45, 7) is 15.4. The van der Waals surface area contributed by atoms with Crippen LogP contribution in [0.25, 0.3) is 0 Å². The monoisotopic (exact) mass is 325 g/mol. The Bertz CT molecular complexity index is 327. The first-order chi connectivity index (χ1) is 11.1. The van der Waals surface area contributed by atoms with Crippen molar-refractivity contribution in [2.75, 3.05) is 46.3 Å². The molecule has 0 spiro atoms. The second kappa shape index (κ2) is 11.7. The lowest BCUT2D eigenvalue weighted by Gasteiger charge is -2.22. The van der Waals surface area contributed by atoms with Gasteiger partial charge in [0.25, 0.3) is 0 Å². The fraction of sp³-hybridized carbons (Fsp3) is 0.944. The van der Waals surface area contributed by atoms with E-state index in [0.29, 0.717) is 12.1 Å². The fourth-order valence-corrected chi connectivity index (χ4v) is 3.19. The molecule has 0 amide bonds. The Hall–Kier alpha value is -0.810. The molecule has 2 unspecified atom stereocenters. The minimum atomic E-state index is 0.463. The van der Waals surface area contributed by atoms with Gasteiger partial charge in [0, 0.05) is 18.6 Å². The van der Waals surface area contributed by atoms with Crippen molar-refractivity contribution in [3.05, 3.63) is 0 Å². The highest BCUT2D eigenvalue weighted by Gasteiger charge is 2.20. The van der Waals surface area contributed by atoms with Gasteiger partial charge in [0.2, 0.25) is 0 Å². The number of hydrogen-bond donors (Lipinski definition) is 2. The topological polar surface area (TPSA) is 42.9 Å². The second-order valence-electron chi connectivity index (χ2n) is 6.71. The summed E-state index contributed by atoms with van der Waals surface area (Å²) in [5, 5.41) is 6.95. The number of guanidine groups is 1. The Balaban J connectivity index is 2.35. The van der Waals surface area contributed by atoms with Gasteiger partial charge in [-0.2, -0.15) is 0 Å². The molecule has 1 aliphatic rings. The van der Waals surface area contributed by atoms with Gasteiger partial charge in [-0.15, -0.1) is 0 Å². The van der Waals surface area contributed by atoms with E-state index in [9.17, 15) is 0 Å². The first-order valence-electron chi connectivity index (χ1n) is 9.58. The number of likely N-dealkylation sites (N-methyl/N-ethyl adjacent to an activating group) is 1. The molecule has 0 aromatic carbocycles. The van der Waals surface area contributed by atoms with E-state index < -0.39 is 0 Å². The summed E-state index contributed by atoms with van der Waals surface area (Å²) in [6.07, 6.45) is 5.01. The van der Waals surface area contributed by atoms with Gasteiger partial charge >= 0.3 is 0 Å². The van der Waals surface area contributed by atoms with Crippen molar-refractivity contribution in [3.8, 4) is 0 Å². The minimum Gasteiger partial charge on any atom is -0.357 e. The van der Waals surface area contributed by atoms with Crippen LogP contribution in [0.2, 0.25) is 0 Å². The lowest BCUT2D eigenvalue weighted by molar-refractivity contribution is 0.292. The van der Waals surface area contributed by atoms with Gasteiger partial charge in [-0.25, -0.2) is 0 Å². The first kappa shape index (κ1) is 20.2. The van der Waals surface area contributed by atoms with Crippen LogP contribution in [0.4, 0.5) is 0 Å². The molecule has 1 fully saturated rings. The Morgan fingerprint density at radius 1 is 1.30 bits per heavy atom. The third-order valence-electron chi connectivity index (χ3n) is 4.86. The lowest BCUT2D eigenvalue weighted by atomic mass is 10.2. The summed E-state index contributed by atoms with van der Waals surface area (Å²) < 4.78 is 0. The van der Waals surface area contributed by atoms with Gasteiger partial charge in [0.1, 0.15) is 0 Å². The van der Waals surface area contributed by atoms with Crippen molar-refractivity contribution in [1.82, 2.24) is 20.4 Å². The molecule has 0 saturated carbocycles. The molecule has 5 heteroatoms. The highest BCUT2D eigenvalue weighted by atomic mass is 15.2. The van der Waals surface area contributed by atoms with E-state index in [1.165, 1.54) is 38.8 Å². The van der Waals surface area contributed by atoms with Crippen LogP contribution in [-0.4, -0.2) is 74.2 Å². The normalized spacial score (nSPS) is 21.0. The highest BCUT2D eigenvalue weighted by Crippen LogP contribution is 2.14. The molecule has 0 aliphatic carbocycles. The molecule has 1 saturated heterocycles. The van der Waals surface area contributed by atoms with E-state index in [1.54, 1.807) is 0 Å². The van der Waals surface area contributed by atoms with Crippen LogP contribution < -0.4 is 10.6 Å². The summed E-state index contributed by atoms with van der Waals surface area (Å²) in [4.78, 5) is 9.72. The molecule has 0 bridgehead atoms. The fourth-order valence-electron chi connectivity index (χ4n) is 3.19. The average molecular weight is 326 g/mol. The molecule has 5 nitrogen and oxygen atoms in total. The zero-order chi connectivity index (χ0) is 17.1. The zero-order valence-corrected chi connectivity index (χ0v) is 16.1. The molecule has 2 N–H and O–H groups in total. The minimum absolute atomic E-state index is 0.463. The Labute approximate surface area is 143 Å². The predicted octanol–water partition coefficient (Wildman–Crippen LogP) is 2.15. The smallest absolute Gasteiger partial charge is 0.191 e. The number of hydrogen-bond acceptors (Lipinski definition) is 3. The molecule has 136 valence electrons.